The average molecular weight is 252 g/mol. The Kier molecular flexibility index (Phi) is 2.86. The Bertz CT molecular complexity index is 267. The quantitative estimate of drug-likeness (QED) is 0.632. The molecule has 2 aliphatic rings. The standard InChI is InChI=1S/C5H5N3O2S.BrH/c9-3-1-6-8-2-4(10)11-5(8)7-3;/h6H,1-2H2;1H. The number of carbonyl (C=O) groups excluding carboxylic acids is 2. The van der Waals surface area contributed by atoms with Crippen molar-refractivity contribution in [3.63, 3.8) is 0 Å². The van der Waals surface area contributed by atoms with Gasteiger partial charge >= 0.3 is 0 Å². The lowest BCUT2D eigenvalue weighted by Gasteiger charge is -2.20. The van der Waals surface area contributed by atoms with Gasteiger partial charge in [-0.25, -0.2) is 5.43 Å². The molecule has 0 aromatic rings. The molecule has 2 rings (SSSR count). The summed E-state index contributed by atoms with van der Waals surface area (Å²) in [6, 6.07) is 0. The highest BCUT2D eigenvalue weighted by Gasteiger charge is 2.30. The predicted molar refractivity (Wildman–Crippen MR) is 50.1 cm³/mol. The maximum absolute atomic E-state index is 10.8. The molecule has 0 bridgehead atoms. The van der Waals surface area contributed by atoms with Crippen LogP contribution in [0.15, 0.2) is 4.99 Å². The van der Waals surface area contributed by atoms with Crippen molar-refractivity contribution in [1.29, 1.82) is 0 Å². The Morgan fingerprint density at radius 2 is 2.25 bits per heavy atom. The van der Waals surface area contributed by atoms with Gasteiger partial charge in [0, 0.05) is 0 Å². The summed E-state index contributed by atoms with van der Waals surface area (Å²) in [4.78, 5) is 25.2. The topological polar surface area (TPSA) is 61.8 Å². The number of amides is 1. The van der Waals surface area contributed by atoms with Crippen molar-refractivity contribution < 1.29 is 9.59 Å². The molecule has 0 spiro atoms. The van der Waals surface area contributed by atoms with Crippen LogP contribution < -0.4 is 5.43 Å². The van der Waals surface area contributed by atoms with Gasteiger partial charge in [-0.2, -0.15) is 4.99 Å². The number of amidine groups is 1. The van der Waals surface area contributed by atoms with Crippen LogP contribution in [0.5, 0.6) is 0 Å². The van der Waals surface area contributed by atoms with E-state index in [9.17, 15) is 9.59 Å². The van der Waals surface area contributed by atoms with Crippen LogP contribution in [0.4, 0.5) is 0 Å². The highest BCUT2D eigenvalue weighted by atomic mass is 79.9. The van der Waals surface area contributed by atoms with Crippen LogP contribution in [0, 0.1) is 0 Å². The van der Waals surface area contributed by atoms with Crippen molar-refractivity contribution in [3.05, 3.63) is 0 Å². The van der Waals surface area contributed by atoms with E-state index >= 15 is 0 Å². The fraction of sp³-hybridized carbons (Fsp3) is 0.400. The minimum Gasteiger partial charge on any atom is -0.285 e. The summed E-state index contributed by atoms with van der Waals surface area (Å²) in [5.41, 5.74) is 2.77. The van der Waals surface area contributed by atoms with Crippen molar-refractivity contribution in [2.24, 2.45) is 4.99 Å². The number of aliphatic imine (C=N–C) groups is 1. The van der Waals surface area contributed by atoms with E-state index in [-0.39, 0.29) is 34.5 Å². The van der Waals surface area contributed by atoms with Gasteiger partial charge < -0.3 is 0 Å². The van der Waals surface area contributed by atoms with Crippen molar-refractivity contribution in [2.45, 2.75) is 0 Å². The molecular weight excluding hydrogens is 246 g/mol. The lowest BCUT2D eigenvalue weighted by atomic mass is 10.6. The van der Waals surface area contributed by atoms with Crippen LogP contribution in [0.3, 0.4) is 0 Å². The maximum atomic E-state index is 10.8. The van der Waals surface area contributed by atoms with Crippen LogP contribution in [0.1, 0.15) is 0 Å². The van der Waals surface area contributed by atoms with Crippen LogP contribution in [-0.4, -0.2) is 34.3 Å². The van der Waals surface area contributed by atoms with Gasteiger partial charge in [-0.1, -0.05) is 0 Å². The zero-order chi connectivity index (χ0) is 7.84. The Hall–Kier alpha value is -0.400. The summed E-state index contributed by atoms with van der Waals surface area (Å²) in [7, 11) is 0. The van der Waals surface area contributed by atoms with Gasteiger partial charge in [-0.15, -0.1) is 17.0 Å². The number of thioether (sulfide) groups is 1. The number of rotatable bonds is 0. The first kappa shape index (κ1) is 9.69. The second kappa shape index (κ2) is 3.55. The first-order valence-corrected chi connectivity index (χ1v) is 3.90. The molecule has 0 atom stereocenters. The Morgan fingerprint density at radius 3 is 3.00 bits per heavy atom. The fourth-order valence-corrected chi connectivity index (χ4v) is 1.69. The van der Waals surface area contributed by atoms with Gasteiger partial charge in [0.25, 0.3) is 5.91 Å². The van der Waals surface area contributed by atoms with E-state index in [0.717, 1.165) is 11.8 Å². The van der Waals surface area contributed by atoms with Crippen molar-refractivity contribution >= 4 is 44.9 Å². The number of halogens is 1. The van der Waals surface area contributed by atoms with Gasteiger partial charge in [0.05, 0.1) is 6.54 Å². The molecule has 12 heavy (non-hydrogen) atoms. The largest absolute Gasteiger partial charge is 0.285 e. The van der Waals surface area contributed by atoms with E-state index in [2.05, 4.69) is 10.4 Å². The third-order valence-electron chi connectivity index (χ3n) is 1.36. The van der Waals surface area contributed by atoms with Crippen molar-refractivity contribution in [2.75, 3.05) is 13.1 Å². The molecular formula is C5H6BrN3O2S. The van der Waals surface area contributed by atoms with Crippen LogP contribution in [-0.2, 0) is 9.59 Å². The first-order chi connectivity index (χ1) is 5.25. The third-order valence-corrected chi connectivity index (χ3v) is 2.22. The van der Waals surface area contributed by atoms with Gasteiger partial charge in [-0.05, 0) is 11.8 Å². The van der Waals surface area contributed by atoms with E-state index in [1.54, 1.807) is 5.01 Å². The van der Waals surface area contributed by atoms with Gasteiger partial charge in [-0.3, -0.25) is 14.6 Å². The summed E-state index contributed by atoms with van der Waals surface area (Å²) < 4.78 is 0. The lowest BCUT2D eigenvalue weighted by Crippen LogP contribution is -2.45. The predicted octanol–water partition coefficient (Wildman–Crippen LogP) is -0.460. The number of hydrazine groups is 1. The smallest absolute Gasteiger partial charge is 0.263 e. The molecule has 0 unspecified atom stereocenters. The highest BCUT2D eigenvalue weighted by molar-refractivity contribution is 8.93. The Morgan fingerprint density at radius 1 is 1.50 bits per heavy atom. The fourth-order valence-electron chi connectivity index (χ4n) is 0.902. The van der Waals surface area contributed by atoms with Gasteiger partial charge in [0.1, 0.15) is 6.54 Å². The SMILES string of the molecule is Br.O=C1CNN2CC(=O)SC2=N1. The second-order valence-electron chi connectivity index (χ2n) is 2.18. The number of fused-ring (bicyclic) bond motifs is 1. The highest BCUT2D eigenvalue weighted by Crippen LogP contribution is 2.19. The molecule has 0 aliphatic carbocycles. The molecule has 1 saturated heterocycles. The monoisotopic (exact) mass is 251 g/mol. The minimum atomic E-state index is -0.224. The number of nitrogens with one attached hydrogen (secondary N) is 1. The zero-order valence-corrected chi connectivity index (χ0v) is 8.47. The Balaban J connectivity index is 0.000000720. The van der Waals surface area contributed by atoms with Crippen molar-refractivity contribution in [1.82, 2.24) is 10.4 Å². The van der Waals surface area contributed by atoms with Gasteiger partial charge in [0.2, 0.25) is 5.12 Å². The van der Waals surface area contributed by atoms with E-state index < -0.39 is 0 Å². The van der Waals surface area contributed by atoms with E-state index in [1.807, 2.05) is 0 Å². The number of hydrogen-bond donors (Lipinski definition) is 1. The molecule has 7 heteroatoms. The molecule has 2 heterocycles. The van der Waals surface area contributed by atoms with E-state index in [1.165, 1.54) is 0 Å². The molecule has 1 amide bonds. The third kappa shape index (κ3) is 1.67. The molecule has 1 N–H and O–H groups in total. The van der Waals surface area contributed by atoms with Crippen LogP contribution in [0.25, 0.3) is 0 Å². The van der Waals surface area contributed by atoms with Crippen molar-refractivity contribution in [3.8, 4) is 0 Å². The van der Waals surface area contributed by atoms with Crippen LogP contribution >= 0.6 is 28.7 Å². The summed E-state index contributed by atoms with van der Waals surface area (Å²) in [6.45, 7) is 0.494. The number of hydrogen-bond acceptors (Lipinski definition) is 5. The van der Waals surface area contributed by atoms with E-state index in [4.69, 9.17) is 0 Å². The molecule has 66 valence electrons. The Labute approximate surface area is 83.3 Å². The first-order valence-electron chi connectivity index (χ1n) is 3.09. The molecule has 5 nitrogen and oxygen atoms in total. The summed E-state index contributed by atoms with van der Waals surface area (Å²) in [6.07, 6.45) is 0. The molecule has 0 aromatic carbocycles. The summed E-state index contributed by atoms with van der Waals surface area (Å²) in [5, 5.41) is 2.09. The van der Waals surface area contributed by atoms with Gasteiger partial charge in [0.15, 0.2) is 5.17 Å². The number of nitrogens with zero attached hydrogens (tertiary/aromatic N) is 2. The zero-order valence-electron chi connectivity index (χ0n) is 5.94. The maximum Gasteiger partial charge on any atom is 0.263 e. The average Bonchev–Trinajstić information content (AvgIpc) is 2.27. The second-order valence-corrected chi connectivity index (χ2v) is 3.21. The normalized spacial score (nSPS) is 21.7. The molecule has 0 radical (unpaired) electrons. The summed E-state index contributed by atoms with van der Waals surface area (Å²) >= 11 is 1.01. The van der Waals surface area contributed by atoms with Crippen LogP contribution in [0.2, 0.25) is 0 Å². The molecule has 0 aromatic heterocycles. The lowest BCUT2D eigenvalue weighted by molar-refractivity contribution is -0.119. The molecule has 2 aliphatic heterocycles. The minimum absolute atomic E-state index is 0. The molecule has 1 fully saturated rings. The molecule has 0 saturated carbocycles. The number of carbonyl (C=O) groups is 2. The van der Waals surface area contributed by atoms with E-state index in [0.29, 0.717) is 11.7 Å². The summed E-state index contributed by atoms with van der Waals surface area (Å²) in [5.74, 6) is -0.224.